The number of sulfone groups is 1. The van der Waals surface area contributed by atoms with E-state index < -0.39 is 9.84 Å². The summed E-state index contributed by atoms with van der Waals surface area (Å²) in [6.45, 7) is 7.72. The second kappa shape index (κ2) is 7.50. The Kier molecular flexibility index (Phi) is 6.87. The third kappa shape index (κ3) is 5.57. The Bertz CT molecular complexity index is 393. The molecule has 3 unspecified atom stereocenters. The second-order valence-corrected chi connectivity index (χ2v) is 10.5. The molecule has 0 radical (unpaired) electrons. The van der Waals surface area contributed by atoms with E-state index in [2.05, 4.69) is 20.8 Å². The topological polar surface area (TPSA) is 60.2 Å². The van der Waals surface area contributed by atoms with E-state index in [1.807, 2.05) is 11.8 Å². The average Bonchev–Trinajstić information content (AvgIpc) is 2.37. The number of hydrogen-bond donors (Lipinski definition) is 1. The van der Waals surface area contributed by atoms with E-state index in [1.54, 1.807) is 0 Å². The van der Waals surface area contributed by atoms with Gasteiger partial charge in [0.2, 0.25) is 0 Å². The molecule has 0 aromatic rings. The van der Waals surface area contributed by atoms with Crippen LogP contribution in [-0.4, -0.2) is 38.0 Å². The van der Waals surface area contributed by atoms with Crippen LogP contribution in [-0.2, 0) is 9.84 Å². The highest BCUT2D eigenvalue weighted by Crippen LogP contribution is 2.45. The van der Waals surface area contributed by atoms with Crippen molar-refractivity contribution in [1.82, 2.24) is 0 Å². The van der Waals surface area contributed by atoms with Gasteiger partial charge in [0, 0.05) is 17.3 Å². The summed E-state index contributed by atoms with van der Waals surface area (Å²) in [4.78, 5) is 0. The third-order valence-corrected chi connectivity index (χ3v) is 7.68. The first-order valence-corrected chi connectivity index (χ1v) is 10.8. The summed E-state index contributed by atoms with van der Waals surface area (Å²) in [5.74, 6) is 2.29. The highest BCUT2D eigenvalue weighted by Gasteiger charge is 2.36. The van der Waals surface area contributed by atoms with E-state index in [0.717, 1.165) is 12.5 Å². The van der Waals surface area contributed by atoms with Crippen molar-refractivity contribution in [3.63, 3.8) is 0 Å². The van der Waals surface area contributed by atoms with Gasteiger partial charge in [-0.2, -0.15) is 11.8 Å². The van der Waals surface area contributed by atoms with Crippen LogP contribution in [0.5, 0.6) is 0 Å². The van der Waals surface area contributed by atoms with Crippen LogP contribution < -0.4 is 5.73 Å². The maximum Gasteiger partial charge on any atom is 0.148 e. The molecule has 1 aliphatic carbocycles. The summed E-state index contributed by atoms with van der Waals surface area (Å²) >= 11 is 1.83. The second-order valence-electron chi connectivity index (χ2n) is 6.89. The Balaban J connectivity index is 2.59. The molecule has 0 aromatic heterocycles. The van der Waals surface area contributed by atoms with Crippen LogP contribution >= 0.6 is 11.8 Å². The molecule has 5 heteroatoms. The minimum Gasteiger partial charge on any atom is -0.330 e. The Labute approximate surface area is 129 Å². The monoisotopic (exact) mass is 321 g/mol. The molecule has 0 spiro atoms. The predicted molar refractivity (Wildman–Crippen MR) is 89.9 cm³/mol. The van der Waals surface area contributed by atoms with E-state index in [0.29, 0.717) is 22.3 Å². The molecule has 0 heterocycles. The third-order valence-electron chi connectivity index (χ3n) is 5.03. The molecule has 0 amide bonds. The van der Waals surface area contributed by atoms with Crippen molar-refractivity contribution in [2.24, 2.45) is 23.0 Å². The van der Waals surface area contributed by atoms with Crippen LogP contribution in [0.15, 0.2) is 0 Å². The van der Waals surface area contributed by atoms with E-state index in [1.165, 1.54) is 31.9 Å². The van der Waals surface area contributed by atoms with Gasteiger partial charge in [-0.3, -0.25) is 0 Å². The Hall–Kier alpha value is 0.260. The predicted octanol–water partition coefficient (Wildman–Crippen LogP) is 2.94. The van der Waals surface area contributed by atoms with Crippen molar-refractivity contribution in [2.75, 3.05) is 24.3 Å². The standard InChI is InChI=1S/C15H31NO2S2/c1-5-15(2,3)13-7-6-12(11-16)14(10-13)19-8-9-20(4,17)18/h12-14H,5-11,16H2,1-4H3. The van der Waals surface area contributed by atoms with E-state index in [4.69, 9.17) is 5.73 Å². The van der Waals surface area contributed by atoms with E-state index in [-0.39, 0.29) is 5.75 Å². The fourth-order valence-electron chi connectivity index (χ4n) is 3.01. The molecule has 20 heavy (non-hydrogen) atoms. The van der Waals surface area contributed by atoms with Crippen molar-refractivity contribution in [3.05, 3.63) is 0 Å². The van der Waals surface area contributed by atoms with Gasteiger partial charge in [-0.05, 0) is 43.1 Å². The summed E-state index contributed by atoms with van der Waals surface area (Å²) < 4.78 is 22.5. The minimum atomic E-state index is -2.85. The molecule has 0 aliphatic heterocycles. The van der Waals surface area contributed by atoms with Crippen molar-refractivity contribution in [1.29, 1.82) is 0 Å². The van der Waals surface area contributed by atoms with Crippen LogP contribution in [0.3, 0.4) is 0 Å². The molecule has 1 fully saturated rings. The van der Waals surface area contributed by atoms with Gasteiger partial charge in [0.1, 0.15) is 9.84 Å². The zero-order valence-corrected chi connectivity index (χ0v) is 15.0. The van der Waals surface area contributed by atoms with Crippen molar-refractivity contribution < 1.29 is 8.42 Å². The molecule has 1 rings (SSSR count). The van der Waals surface area contributed by atoms with E-state index >= 15 is 0 Å². The van der Waals surface area contributed by atoms with Crippen LogP contribution in [0.1, 0.15) is 46.5 Å². The zero-order valence-electron chi connectivity index (χ0n) is 13.4. The maximum absolute atomic E-state index is 11.3. The molecular weight excluding hydrogens is 290 g/mol. The molecule has 0 bridgehead atoms. The fraction of sp³-hybridized carbons (Fsp3) is 1.00. The van der Waals surface area contributed by atoms with Crippen LogP contribution in [0.4, 0.5) is 0 Å². The minimum absolute atomic E-state index is 0.285. The molecule has 1 aliphatic rings. The largest absolute Gasteiger partial charge is 0.330 e. The van der Waals surface area contributed by atoms with Crippen LogP contribution in [0, 0.1) is 17.3 Å². The van der Waals surface area contributed by atoms with E-state index in [9.17, 15) is 8.42 Å². The SMILES string of the molecule is CCC(C)(C)C1CCC(CN)C(SCCS(C)(=O)=O)C1. The molecule has 3 nitrogen and oxygen atoms in total. The Morgan fingerprint density at radius 2 is 1.95 bits per heavy atom. The van der Waals surface area contributed by atoms with Gasteiger partial charge in [-0.1, -0.05) is 27.2 Å². The summed E-state index contributed by atoms with van der Waals surface area (Å²) in [6, 6.07) is 0. The quantitative estimate of drug-likeness (QED) is 0.783. The lowest BCUT2D eigenvalue weighted by atomic mass is 9.67. The number of rotatable bonds is 7. The summed E-state index contributed by atoms with van der Waals surface area (Å²) in [5, 5.41) is 0.534. The van der Waals surface area contributed by atoms with Crippen molar-refractivity contribution in [2.45, 2.75) is 51.7 Å². The number of hydrogen-bond acceptors (Lipinski definition) is 4. The first kappa shape index (κ1) is 18.3. The average molecular weight is 322 g/mol. The van der Waals surface area contributed by atoms with Gasteiger partial charge in [0.15, 0.2) is 0 Å². The lowest BCUT2D eigenvalue weighted by Gasteiger charge is -2.42. The lowest BCUT2D eigenvalue weighted by Crippen LogP contribution is -2.38. The van der Waals surface area contributed by atoms with Gasteiger partial charge >= 0.3 is 0 Å². The van der Waals surface area contributed by atoms with Crippen LogP contribution in [0.25, 0.3) is 0 Å². The van der Waals surface area contributed by atoms with Crippen molar-refractivity contribution >= 4 is 21.6 Å². The molecule has 2 N–H and O–H groups in total. The molecule has 0 saturated heterocycles. The first-order valence-electron chi connectivity index (χ1n) is 7.69. The maximum atomic E-state index is 11.3. The first-order chi connectivity index (χ1) is 9.19. The van der Waals surface area contributed by atoms with Crippen LogP contribution in [0.2, 0.25) is 0 Å². The zero-order chi connectivity index (χ0) is 15.4. The lowest BCUT2D eigenvalue weighted by molar-refractivity contribution is 0.134. The normalized spacial score (nSPS) is 28.6. The number of nitrogens with two attached hydrogens (primary N) is 1. The molecule has 0 aromatic carbocycles. The fourth-order valence-corrected chi connectivity index (χ4v) is 5.80. The highest BCUT2D eigenvalue weighted by molar-refractivity contribution is 8.01. The highest BCUT2D eigenvalue weighted by atomic mass is 32.2. The van der Waals surface area contributed by atoms with Gasteiger partial charge < -0.3 is 5.73 Å². The molecule has 120 valence electrons. The molecule has 1 saturated carbocycles. The van der Waals surface area contributed by atoms with Crippen molar-refractivity contribution in [3.8, 4) is 0 Å². The Morgan fingerprint density at radius 1 is 1.30 bits per heavy atom. The van der Waals surface area contributed by atoms with Gasteiger partial charge in [-0.25, -0.2) is 8.42 Å². The summed E-state index contributed by atoms with van der Waals surface area (Å²) in [6.07, 6.45) is 6.17. The summed E-state index contributed by atoms with van der Waals surface area (Å²) in [7, 11) is -2.85. The molecule has 3 atom stereocenters. The number of thioether (sulfide) groups is 1. The van der Waals surface area contributed by atoms with Gasteiger partial charge in [0.25, 0.3) is 0 Å². The summed E-state index contributed by atoms with van der Waals surface area (Å²) in [5.41, 5.74) is 6.29. The van der Waals surface area contributed by atoms with Gasteiger partial charge in [-0.15, -0.1) is 0 Å². The smallest absolute Gasteiger partial charge is 0.148 e. The van der Waals surface area contributed by atoms with Gasteiger partial charge in [0.05, 0.1) is 5.75 Å². The Morgan fingerprint density at radius 3 is 2.45 bits per heavy atom. The molecular formula is C15H31NO2S2.